The molecule has 0 aliphatic carbocycles. The Morgan fingerprint density at radius 3 is 2.59 bits per heavy atom. The van der Waals surface area contributed by atoms with Crippen LogP contribution in [0, 0.1) is 5.92 Å². The van der Waals surface area contributed by atoms with Gasteiger partial charge in [-0.1, -0.05) is 13.8 Å². The Balaban J connectivity index is 2.51. The summed E-state index contributed by atoms with van der Waals surface area (Å²) in [7, 11) is 1.39. The molecule has 2 rings (SSSR count). The fourth-order valence-corrected chi connectivity index (χ4v) is 2.26. The van der Waals surface area contributed by atoms with Gasteiger partial charge in [-0.05, 0) is 12.1 Å². The minimum Gasteiger partial charge on any atom is -0.495 e. The molecule has 2 aromatic heterocycles. The van der Waals surface area contributed by atoms with E-state index in [1.54, 1.807) is 26.0 Å². The first-order valence-electron chi connectivity index (χ1n) is 6.89. The molecule has 0 spiro atoms. The molecular weight excluding hydrogens is 297 g/mol. The van der Waals surface area contributed by atoms with Gasteiger partial charge in [-0.3, -0.25) is 4.79 Å². The first-order valence-corrected chi connectivity index (χ1v) is 6.89. The molecule has 0 amide bonds. The number of aryl methyl sites for hydroxylation is 1. The van der Waals surface area contributed by atoms with Gasteiger partial charge in [0.05, 0.1) is 30.1 Å². The summed E-state index contributed by atoms with van der Waals surface area (Å²) in [6, 6.07) is 3.21. The smallest absolute Gasteiger partial charge is 0.389 e. The molecule has 120 valence electrons. The largest absolute Gasteiger partial charge is 0.495 e. The summed E-state index contributed by atoms with van der Waals surface area (Å²) in [5.41, 5.74) is 1.21. The van der Waals surface area contributed by atoms with Crippen molar-refractivity contribution in [1.29, 1.82) is 0 Å². The summed E-state index contributed by atoms with van der Waals surface area (Å²) in [5.74, 6) is 0.0130. The van der Waals surface area contributed by atoms with Crippen LogP contribution in [0.3, 0.4) is 0 Å². The van der Waals surface area contributed by atoms with Crippen molar-refractivity contribution in [2.24, 2.45) is 5.92 Å². The number of hydrogen-bond donors (Lipinski definition) is 0. The lowest BCUT2D eigenvalue weighted by molar-refractivity contribution is -0.134. The van der Waals surface area contributed by atoms with E-state index >= 15 is 0 Å². The van der Waals surface area contributed by atoms with Crippen LogP contribution in [0.4, 0.5) is 13.2 Å². The van der Waals surface area contributed by atoms with Crippen molar-refractivity contribution in [1.82, 2.24) is 9.61 Å². The van der Waals surface area contributed by atoms with E-state index in [0.717, 1.165) is 0 Å². The number of rotatable bonds is 5. The Bertz CT molecular complexity index is 690. The van der Waals surface area contributed by atoms with Gasteiger partial charge < -0.3 is 4.74 Å². The first-order chi connectivity index (χ1) is 10.2. The molecule has 2 heterocycles. The van der Waals surface area contributed by atoms with Crippen molar-refractivity contribution in [2.45, 2.75) is 32.9 Å². The summed E-state index contributed by atoms with van der Waals surface area (Å²) >= 11 is 0. The number of halogens is 3. The fourth-order valence-electron chi connectivity index (χ4n) is 2.26. The Hall–Kier alpha value is -2.05. The van der Waals surface area contributed by atoms with E-state index in [0.29, 0.717) is 22.5 Å². The van der Waals surface area contributed by atoms with Gasteiger partial charge >= 0.3 is 6.18 Å². The molecule has 4 nitrogen and oxygen atoms in total. The van der Waals surface area contributed by atoms with E-state index in [1.807, 2.05) is 0 Å². The number of fused-ring (bicyclic) bond motifs is 1. The third kappa shape index (κ3) is 3.23. The monoisotopic (exact) mass is 314 g/mol. The van der Waals surface area contributed by atoms with Crippen molar-refractivity contribution in [3.8, 4) is 5.75 Å². The second-order valence-electron chi connectivity index (χ2n) is 5.34. The van der Waals surface area contributed by atoms with Gasteiger partial charge in [0, 0.05) is 18.8 Å². The van der Waals surface area contributed by atoms with Gasteiger partial charge in [-0.15, -0.1) is 0 Å². The van der Waals surface area contributed by atoms with E-state index in [2.05, 4.69) is 5.10 Å². The molecule has 0 atom stereocenters. The molecule has 0 aromatic carbocycles. The van der Waals surface area contributed by atoms with Gasteiger partial charge in [0.1, 0.15) is 5.75 Å². The average molecular weight is 314 g/mol. The van der Waals surface area contributed by atoms with E-state index in [1.165, 1.54) is 17.8 Å². The minimum absolute atomic E-state index is 0.0954. The molecule has 0 aliphatic rings. The van der Waals surface area contributed by atoms with E-state index < -0.39 is 12.6 Å². The summed E-state index contributed by atoms with van der Waals surface area (Å²) in [6.07, 6.45) is -4.11. The van der Waals surface area contributed by atoms with Crippen LogP contribution >= 0.6 is 0 Å². The maximum absolute atomic E-state index is 12.5. The summed E-state index contributed by atoms with van der Waals surface area (Å²) in [6.45, 7) is 3.53. The van der Waals surface area contributed by atoms with E-state index in [9.17, 15) is 18.0 Å². The number of nitrogens with zero attached hydrogens (tertiary/aromatic N) is 2. The lowest BCUT2D eigenvalue weighted by atomic mass is 10.0. The van der Waals surface area contributed by atoms with Crippen molar-refractivity contribution >= 4 is 11.3 Å². The van der Waals surface area contributed by atoms with Gasteiger partial charge in [0.25, 0.3) is 0 Å². The number of hydrogen-bond acceptors (Lipinski definition) is 3. The van der Waals surface area contributed by atoms with Crippen LogP contribution in [0.5, 0.6) is 5.75 Å². The lowest BCUT2D eigenvalue weighted by Gasteiger charge is -2.12. The van der Waals surface area contributed by atoms with Crippen molar-refractivity contribution in [2.75, 3.05) is 7.11 Å². The Morgan fingerprint density at radius 1 is 1.36 bits per heavy atom. The SMILES string of the molecule is COc1ccc2c(C(=O)C(C)C)cnn2c1CCC(F)(F)F. The van der Waals surface area contributed by atoms with E-state index in [4.69, 9.17) is 4.74 Å². The summed E-state index contributed by atoms with van der Waals surface area (Å²) in [4.78, 5) is 12.1. The third-order valence-corrected chi connectivity index (χ3v) is 3.39. The zero-order chi connectivity index (χ0) is 16.5. The molecule has 0 aliphatic heterocycles. The maximum Gasteiger partial charge on any atom is 0.389 e. The van der Waals surface area contributed by atoms with E-state index in [-0.39, 0.29) is 18.1 Å². The van der Waals surface area contributed by atoms with Gasteiger partial charge in [0.2, 0.25) is 0 Å². The number of pyridine rings is 1. The number of methoxy groups -OCH3 is 1. The quantitative estimate of drug-likeness (QED) is 0.791. The zero-order valence-electron chi connectivity index (χ0n) is 12.6. The molecule has 0 fully saturated rings. The Kier molecular flexibility index (Phi) is 4.44. The predicted molar refractivity (Wildman–Crippen MR) is 75.3 cm³/mol. The molecule has 7 heteroatoms. The second-order valence-corrected chi connectivity index (χ2v) is 5.34. The van der Waals surface area contributed by atoms with Gasteiger partial charge in [-0.25, -0.2) is 4.52 Å². The van der Waals surface area contributed by atoms with Crippen LogP contribution in [-0.4, -0.2) is 28.7 Å². The highest BCUT2D eigenvalue weighted by atomic mass is 19.4. The van der Waals surface area contributed by atoms with Crippen molar-refractivity contribution in [3.05, 3.63) is 29.6 Å². The number of ether oxygens (including phenoxy) is 1. The fraction of sp³-hybridized carbons (Fsp3) is 0.467. The van der Waals surface area contributed by atoms with Crippen molar-refractivity contribution < 1.29 is 22.7 Å². The molecule has 0 saturated carbocycles. The number of alkyl halides is 3. The molecule has 2 aromatic rings. The zero-order valence-corrected chi connectivity index (χ0v) is 12.6. The molecule has 0 bridgehead atoms. The summed E-state index contributed by atoms with van der Waals surface area (Å²) < 4.78 is 44.0. The topological polar surface area (TPSA) is 43.6 Å². The van der Waals surface area contributed by atoms with Crippen LogP contribution in [0.15, 0.2) is 18.3 Å². The normalized spacial score (nSPS) is 12.1. The average Bonchev–Trinajstić information content (AvgIpc) is 2.86. The number of ketones is 1. The highest BCUT2D eigenvalue weighted by molar-refractivity contribution is 6.03. The molecule has 0 radical (unpaired) electrons. The molecule has 0 unspecified atom stereocenters. The number of carbonyl (C=O) groups excluding carboxylic acids is 1. The lowest BCUT2D eigenvalue weighted by Crippen LogP contribution is -2.12. The Labute approximate surface area is 125 Å². The minimum atomic E-state index is -4.27. The van der Waals surface area contributed by atoms with Crippen LogP contribution in [0.2, 0.25) is 0 Å². The number of carbonyl (C=O) groups is 1. The first kappa shape index (κ1) is 16.3. The van der Waals surface area contributed by atoms with Crippen molar-refractivity contribution in [3.63, 3.8) is 0 Å². The molecular formula is C15H17F3N2O2. The third-order valence-electron chi connectivity index (χ3n) is 3.39. The maximum atomic E-state index is 12.5. The van der Waals surface area contributed by atoms with Crippen LogP contribution in [-0.2, 0) is 6.42 Å². The van der Waals surface area contributed by atoms with Gasteiger partial charge in [-0.2, -0.15) is 18.3 Å². The van der Waals surface area contributed by atoms with Crippen LogP contribution < -0.4 is 4.74 Å². The Morgan fingerprint density at radius 2 is 2.05 bits per heavy atom. The number of aromatic nitrogens is 2. The predicted octanol–water partition coefficient (Wildman–Crippen LogP) is 3.68. The second kappa shape index (κ2) is 5.98. The highest BCUT2D eigenvalue weighted by Crippen LogP contribution is 2.28. The molecule has 22 heavy (non-hydrogen) atoms. The van der Waals surface area contributed by atoms with Gasteiger partial charge in [0.15, 0.2) is 5.78 Å². The highest BCUT2D eigenvalue weighted by Gasteiger charge is 2.28. The van der Waals surface area contributed by atoms with Crippen LogP contribution in [0.1, 0.15) is 36.3 Å². The molecule has 0 saturated heterocycles. The summed E-state index contributed by atoms with van der Waals surface area (Å²) in [5, 5.41) is 4.08. The standard InChI is InChI=1S/C15H17F3N2O2/c1-9(2)14(21)10-8-19-20-11(10)4-5-13(22-3)12(20)6-7-15(16,17)18/h4-5,8-9H,6-7H2,1-3H3. The number of Topliss-reactive ketones (excluding diaryl/α,β-unsaturated/α-hetero) is 1. The van der Waals surface area contributed by atoms with Crippen LogP contribution in [0.25, 0.3) is 5.52 Å². The molecule has 0 N–H and O–H groups in total.